The molecule has 0 spiro atoms. The molecular formula is C21H30N6O. The summed E-state index contributed by atoms with van der Waals surface area (Å²) in [5.41, 5.74) is 3.46. The summed E-state index contributed by atoms with van der Waals surface area (Å²) < 4.78 is 1.81. The molecule has 150 valence electrons. The lowest BCUT2D eigenvalue weighted by molar-refractivity contribution is -0.128. The van der Waals surface area contributed by atoms with Crippen molar-refractivity contribution in [2.24, 2.45) is 12.0 Å². The lowest BCUT2D eigenvalue weighted by atomic mass is 10.1. The van der Waals surface area contributed by atoms with Crippen molar-refractivity contribution in [2.75, 3.05) is 20.1 Å². The number of carbonyl (C=O) groups excluding carboxylic acids is 1. The highest BCUT2D eigenvalue weighted by Crippen LogP contribution is 2.15. The number of hydrogen-bond acceptors (Lipinski definition) is 3. The minimum atomic E-state index is 0.259. The minimum absolute atomic E-state index is 0.259. The maximum Gasteiger partial charge on any atom is 0.222 e. The molecule has 0 unspecified atom stereocenters. The van der Waals surface area contributed by atoms with Crippen LogP contribution < -0.4 is 5.32 Å². The third kappa shape index (κ3) is 5.34. The van der Waals surface area contributed by atoms with Gasteiger partial charge in [0.2, 0.25) is 5.91 Å². The molecule has 1 aliphatic rings. The van der Waals surface area contributed by atoms with Gasteiger partial charge in [-0.1, -0.05) is 24.3 Å². The van der Waals surface area contributed by atoms with Crippen molar-refractivity contribution >= 4 is 11.9 Å². The Bertz CT molecular complexity index is 828. The van der Waals surface area contributed by atoms with E-state index in [9.17, 15) is 4.79 Å². The van der Waals surface area contributed by atoms with Crippen LogP contribution in [0.3, 0.4) is 0 Å². The van der Waals surface area contributed by atoms with Gasteiger partial charge in [-0.2, -0.15) is 5.10 Å². The Morgan fingerprint density at radius 3 is 2.82 bits per heavy atom. The summed E-state index contributed by atoms with van der Waals surface area (Å²) in [4.78, 5) is 20.7. The number of amides is 1. The van der Waals surface area contributed by atoms with Crippen LogP contribution in [0.2, 0.25) is 0 Å². The number of guanidine groups is 1. The van der Waals surface area contributed by atoms with Crippen LogP contribution in [0, 0.1) is 0 Å². The van der Waals surface area contributed by atoms with Gasteiger partial charge in [-0.3, -0.25) is 9.48 Å². The molecule has 7 heteroatoms. The minimum Gasteiger partial charge on any atom is -0.357 e. The van der Waals surface area contributed by atoms with E-state index in [4.69, 9.17) is 4.99 Å². The van der Waals surface area contributed by atoms with Crippen molar-refractivity contribution < 1.29 is 4.79 Å². The topological polar surface area (TPSA) is 65.8 Å². The standard InChI is InChI=1S/C21H30N6O/c1-4-22-21(25(2)14-19-13-24-26(3)15-19)23-12-17-7-5-8-18(11-17)16-27-10-6-9-20(27)28/h5,7-8,11,13,15H,4,6,9-10,12,14,16H2,1-3H3,(H,22,23). The first kappa shape index (κ1) is 19.9. The smallest absolute Gasteiger partial charge is 0.222 e. The fraction of sp³-hybridized carbons (Fsp3) is 0.476. The van der Waals surface area contributed by atoms with E-state index >= 15 is 0 Å². The van der Waals surface area contributed by atoms with Crippen molar-refractivity contribution in [2.45, 2.75) is 39.4 Å². The SMILES string of the molecule is CCNC(=NCc1cccc(CN2CCCC2=O)c1)N(C)Cc1cnn(C)c1. The van der Waals surface area contributed by atoms with E-state index in [1.54, 1.807) is 0 Å². The number of hydrogen-bond donors (Lipinski definition) is 1. The average molecular weight is 383 g/mol. The lowest BCUT2D eigenvalue weighted by Crippen LogP contribution is -2.38. The summed E-state index contributed by atoms with van der Waals surface area (Å²) in [6.07, 6.45) is 5.55. The van der Waals surface area contributed by atoms with Crippen molar-refractivity contribution in [3.63, 3.8) is 0 Å². The van der Waals surface area contributed by atoms with Crippen LogP contribution >= 0.6 is 0 Å². The van der Waals surface area contributed by atoms with Gasteiger partial charge in [0.25, 0.3) is 0 Å². The summed E-state index contributed by atoms with van der Waals surface area (Å²) in [5, 5.41) is 7.58. The zero-order valence-electron chi connectivity index (χ0n) is 17.1. The van der Waals surface area contributed by atoms with Gasteiger partial charge in [0.1, 0.15) is 0 Å². The monoisotopic (exact) mass is 382 g/mol. The van der Waals surface area contributed by atoms with Crippen LogP contribution in [-0.2, 0) is 31.5 Å². The number of aryl methyl sites for hydroxylation is 1. The Kier molecular flexibility index (Phi) is 6.68. The molecule has 0 bridgehead atoms. The summed E-state index contributed by atoms with van der Waals surface area (Å²) in [5.74, 6) is 1.13. The van der Waals surface area contributed by atoms with Gasteiger partial charge in [0.15, 0.2) is 5.96 Å². The fourth-order valence-corrected chi connectivity index (χ4v) is 3.46. The second-order valence-corrected chi connectivity index (χ2v) is 7.29. The lowest BCUT2D eigenvalue weighted by Gasteiger charge is -2.21. The molecule has 1 saturated heterocycles. The van der Waals surface area contributed by atoms with Gasteiger partial charge in [0, 0.05) is 58.5 Å². The van der Waals surface area contributed by atoms with E-state index in [0.717, 1.165) is 48.7 Å². The van der Waals surface area contributed by atoms with Crippen LogP contribution in [0.25, 0.3) is 0 Å². The largest absolute Gasteiger partial charge is 0.357 e. The quantitative estimate of drug-likeness (QED) is 0.589. The Hall–Kier alpha value is -2.83. The van der Waals surface area contributed by atoms with Gasteiger partial charge in [-0.25, -0.2) is 4.99 Å². The Morgan fingerprint density at radius 1 is 1.32 bits per heavy atom. The number of nitrogens with zero attached hydrogens (tertiary/aromatic N) is 5. The van der Waals surface area contributed by atoms with Crippen LogP contribution in [-0.4, -0.2) is 51.6 Å². The summed E-state index contributed by atoms with van der Waals surface area (Å²) in [6, 6.07) is 8.37. The molecule has 1 aromatic heterocycles. The van der Waals surface area contributed by atoms with Crippen molar-refractivity contribution in [3.05, 3.63) is 53.3 Å². The molecule has 0 radical (unpaired) electrons. The second-order valence-electron chi connectivity index (χ2n) is 7.29. The molecule has 1 aliphatic heterocycles. The van der Waals surface area contributed by atoms with Gasteiger partial charge in [0.05, 0.1) is 12.7 Å². The van der Waals surface area contributed by atoms with Crippen LogP contribution in [0.15, 0.2) is 41.7 Å². The maximum atomic E-state index is 11.9. The van der Waals surface area contributed by atoms with Crippen LogP contribution in [0.1, 0.15) is 36.5 Å². The predicted molar refractivity (Wildman–Crippen MR) is 111 cm³/mol. The molecule has 0 aliphatic carbocycles. The van der Waals surface area contributed by atoms with E-state index < -0.39 is 0 Å². The number of likely N-dealkylation sites (tertiary alicyclic amines) is 1. The third-order valence-corrected chi connectivity index (χ3v) is 4.82. The third-order valence-electron chi connectivity index (χ3n) is 4.82. The van der Waals surface area contributed by atoms with E-state index in [0.29, 0.717) is 19.5 Å². The molecule has 1 fully saturated rings. The van der Waals surface area contributed by atoms with Gasteiger partial charge >= 0.3 is 0 Å². The molecule has 7 nitrogen and oxygen atoms in total. The van der Waals surface area contributed by atoms with Crippen molar-refractivity contribution in [1.82, 2.24) is 24.9 Å². The van der Waals surface area contributed by atoms with Gasteiger partial charge < -0.3 is 15.1 Å². The van der Waals surface area contributed by atoms with E-state index in [-0.39, 0.29) is 5.91 Å². The van der Waals surface area contributed by atoms with Gasteiger partial charge in [-0.05, 0) is 24.5 Å². The summed E-state index contributed by atoms with van der Waals surface area (Å²) in [6.45, 7) is 5.79. The first-order valence-electron chi connectivity index (χ1n) is 9.87. The van der Waals surface area contributed by atoms with E-state index in [1.807, 2.05) is 42.1 Å². The molecular weight excluding hydrogens is 352 g/mol. The van der Waals surface area contributed by atoms with Crippen molar-refractivity contribution in [1.29, 1.82) is 0 Å². The normalized spacial score (nSPS) is 14.6. The molecule has 2 heterocycles. The van der Waals surface area contributed by atoms with Crippen molar-refractivity contribution in [3.8, 4) is 0 Å². The molecule has 2 aromatic rings. The highest BCUT2D eigenvalue weighted by Gasteiger charge is 2.19. The second kappa shape index (κ2) is 9.39. The Balaban J connectivity index is 1.65. The Morgan fingerprint density at radius 2 is 2.14 bits per heavy atom. The highest BCUT2D eigenvalue weighted by molar-refractivity contribution is 5.79. The first-order chi connectivity index (χ1) is 13.5. The number of aromatic nitrogens is 2. The fourth-order valence-electron chi connectivity index (χ4n) is 3.46. The molecule has 28 heavy (non-hydrogen) atoms. The average Bonchev–Trinajstić information content (AvgIpc) is 3.27. The maximum absolute atomic E-state index is 11.9. The molecule has 0 saturated carbocycles. The number of rotatable bonds is 7. The number of carbonyl (C=O) groups is 1. The highest BCUT2D eigenvalue weighted by atomic mass is 16.2. The molecule has 0 atom stereocenters. The van der Waals surface area contributed by atoms with Crippen LogP contribution in [0.4, 0.5) is 0 Å². The van der Waals surface area contributed by atoms with Gasteiger partial charge in [-0.15, -0.1) is 0 Å². The zero-order valence-corrected chi connectivity index (χ0v) is 17.1. The summed E-state index contributed by atoms with van der Waals surface area (Å²) >= 11 is 0. The molecule has 3 rings (SSSR count). The number of aliphatic imine (C=N–C) groups is 1. The van der Waals surface area contributed by atoms with E-state index in [1.165, 1.54) is 0 Å². The summed E-state index contributed by atoms with van der Waals surface area (Å²) in [7, 11) is 3.95. The van der Waals surface area contributed by atoms with Crippen LogP contribution in [0.5, 0.6) is 0 Å². The Labute approximate surface area is 167 Å². The number of nitrogens with one attached hydrogen (secondary N) is 1. The molecule has 1 N–H and O–H groups in total. The van der Waals surface area contributed by atoms with E-state index in [2.05, 4.69) is 40.4 Å². The number of benzene rings is 1. The predicted octanol–water partition coefficient (Wildman–Crippen LogP) is 2.14. The zero-order chi connectivity index (χ0) is 19.9. The molecule has 1 aromatic carbocycles. The molecule has 1 amide bonds. The first-order valence-corrected chi connectivity index (χ1v) is 9.87.